The van der Waals surface area contributed by atoms with Crippen molar-refractivity contribution in [2.75, 3.05) is 42.9 Å². The highest BCUT2D eigenvalue weighted by Gasteiger charge is 2.65. The van der Waals surface area contributed by atoms with Crippen molar-refractivity contribution in [2.45, 2.75) is 25.0 Å². The molecular formula is C23H23F4N5O6S. The fourth-order valence-corrected chi connectivity index (χ4v) is 3.92. The summed E-state index contributed by atoms with van der Waals surface area (Å²) in [4.78, 5) is 21.3. The molecular weight excluding hydrogens is 550 g/mol. The molecule has 1 aromatic carbocycles. The highest BCUT2D eigenvalue weighted by Crippen LogP contribution is 2.47. The lowest BCUT2D eigenvalue weighted by molar-refractivity contribution is -0.391. The Balaban J connectivity index is 1.35. The van der Waals surface area contributed by atoms with E-state index < -0.39 is 35.9 Å². The Morgan fingerprint density at radius 2 is 1.87 bits per heavy atom. The highest BCUT2D eigenvalue weighted by atomic mass is 32.1. The number of hydrogen-bond acceptors (Lipinski definition) is 11. The Kier molecular flexibility index (Phi) is 8.69. The molecule has 1 aliphatic heterocycles. The van der Waals surface area contributed by atoms with Crippen LogP contribution in [-0.2, 0) is 16.0 Å². The minimum absolute atomic E-state index is 0.0114. The molecule has 4 rings (SSSR count). The van der Waals surface area contributed by atoms with E-state index in [-0.39, 0.29) is 29.5 Å². The predicted molar refractivity (Wildman–Crippen MR) is 132 cm³/mol. The third-order valence-electron chi connectivity index (χ3n) is 5.10. The third-order valence-corrected chi connectivity index (χ3v) is 5.92. The van der Waals surface area contributed by atoms with E-state index in [4.69, 9.17) is 9.47 Å². The highest BCUT2D eigenvalue weighted by molar-refractivity contribution is 7.12. The van der Waals surface area contributed by atoms with E-state index in [0.29, 0.717) is 19.0 Å². The van der Waals surface area contributed by atoms with Crippen LogP contribution in [0.25, 0.3) is 0 Å². The number of rotatable bonds is 12. The van der Waals surface area contributed by atoms with Crippen LogP contribution < -0.4 is 25.4 Å². The van der Waals surface area contributed by atoms with Crippen LogP contribution in [0.1, 0.15) is 15.2 Å². The summed E-state index contributed by atoms with van der Waals surface area (Å²) in [6, 6.07) is 6.55. The number of anilines is 3. The molecule has 3 aromatic rings. The first-order valence-electron chi connectivity index (χ1n) is 11.3. The molecule has 0 aliphatic carbocycles. The van der Waals surface area contributed by atoms with Crippen LogP contribution in [0, 0.1) is 0 Å². The second-order valence-electron chi connectivity index (χ2n) is 8.01. The lowest BCUT2D eigenvalue weighted by Gasteiger charge is -2.31. The minimum atomic E-state index is -4.88. The molecule has 11 nitrogen and oxygen atoms in total. The van der Waals surface area contributed by atoms with Gasteiger partial charge in [-0.3, -0.25) is 4.79 Å². The van der Waals surface area contributed by atoms with E-state index in [9.17, 15) is 27.5 Å². The average Bonchev–Trinajstić information content (AvgIpc) is 3.35. The number of ether oxygens (including phenoxy) is 4. The number of alkyl halides is 4. The molecule has 0 spiro atoms. The summed E-state index contributed by atoms with van der Waals surface area (Å²) in [5.74, 6) is -1.22. The zero-order valence-electron chi connectivity index (χ0n) is 20.3. The molecule has 1 amide bonds. The lowest BCUT2D eigenvalue weighted by Crippen LogP contribution is -2.52. The van der Waals surface area contributed by atoms with E-state index in [2.05, 4.69) is 35.4 Å². The van der Waals surface area contributed by atoms with E-state index in [1.807, 2.05) is 0 Å². The molecule has 4 N–H and O–H groups in total. The van der Waals surface area contributed by atoms with Crippen LogP contribution in [-0.4, -0.2) is 66.4 Å². The maximum absolute atomic E-state index is 13.5. The predicted octanol–water partition coefficient (Wildman–Crippen LogP) is 3.75. The van der Waals surface area contributed by atoms with Gasteiger partial charge in [0.1, 0.15) is 22.7 Å². The number of carbonyl (C=O) groups is 1. The van der Waals surface area contributed by atoms with Crippen molar-refractivity contribution in [1.82, 2.24) is 9.97 Å². The maximum Gasteiger partial charge on any atom is 0.507 e. The Bertz CT molecular complexity index is 1300. The van der Waals surface area contributed by atoms with Crippen molar-refractivity contribution < 1.29 is 46.4 Å². The Hall–Kier alpha value is -3.73. The molecule has 1 atom stereocenters. The van der Waals surface area contributed by atoms with Gasteiger partial charge in [0.25, 0.3) is 5.91 Å². The zero-order chi connectivity index (χ0) is 28.0. The Morgan fingerprint density at radius 3 is 2.64 bits per heavy atom. The first-order chi connectivity index (χ1) is 18.6. The van der Waals surface area contributed by atoms with Gasteiger partial charge in [-0.2, -0.15) is 17.6 Å². The number of nitrogens with one attached hydrogen (secondary N) is 3. The SMILES string of the molecule is COCCOCC(O)Nc1cc(CNc2ncsc2C(=O)Nc2ccc3c(c2)OC(F)(F)C(F)(F)O3)ccn1. The molecule has 3 heterocycles. The van der Waals surface area contributed by atoms with Crippen molar-refractivity contribution in [3.63, 3.8) is 0 Å². The monoisotopic (exact) mass is 573 g/mol. The van der Waals surface area contributed by atoms with Gasteiger partial charge in [-0.15, -0.1) is 11.3 Å². The molecule has 16 heteroatoms. The number of nitrogens with zero attached hydrogens (tertiary/aromatic N) is 2. The molecule has 0 radical (unpaired) electrons. The van der Waals surface area contributed by atoms with E-state index in [0.717, 1.165) is 29.0 Å². The second kappa shape index (κ2) is 12.0. The fourth-order valence-electron chi connectivity index (χ4n) is 3.26. The summed E-state index contributed by atoms with van der Waals surface area (Å²) < 4.78 is 71.9. The topological polar surface area (TPSA) is 136 Å². The fraction of sp³-hybridized carbons (Fsp3) is 0.348. The molecule has 0 fully saturated rings. The van der Waals surface area contributed by atoms with E-state index in [1.54, 1.807) is 19.2 Å². The molecule has 39 heavy (non-hydrogen) atoms. The molecule has 0 saturated carbocycles. The Morgan fingerprint density at radius 1 is 1.10 bits per heavy atom. The molecule has 1 unspecified atom stereocenters. The second-order valence-corrected chi connectivity index (χ2v) is 8.87. The summed E-state index contributed by atoms with van der Waals surface area (Å²) in [5, 5.41) is 18.4. The number of methoxy groups -OCH3 is 1. The number of aliphatic hydroxyl groups is 1. The summed E-state index contributed by atoms with van der Waals surface area (Å²) >= 11 is 1.02. The first kappa shape index (κ1) is 28.3. The van der Waals surface area contributed by atoms with Crippen molar-refractivity contribution in [1.29, 1.82) is 0 Å². The summed E-state index contributed by atoms with van der Waals surface area (Å²) in [6.07, 6.45) is -9.17. The minimum Gasteiger partial charge on any atom is -0.421 e. The van der Waals surface area contributed by atoms with Crippen molar-refractivity contribution in [3.05, 3.63) is 52.5 Å². The standard InChI is InChI=1S/C23H23F4N5O6S/c1-35-6-7-36-11-18(33)32-17-8-13(4-5-28-17)10-29-20-19(39-12-30-20)21(34)31-14-2-3-15-16(9-14)38-23(26,27)22(24,25)37-15/h2-5,8-9,12,18,29,33H,6-7,10-11H2,1H3,(H,28,32)(H,31,34). The van der Waals surface area contributed by atoms with Gasteiger partial charge in [0.15, 0.2) is 11.5 Å². The van der Waals surface area contributed by atoms with Crippen LogP contribution in [0.15, 0.2) is 42.0 Å². The van der Waals surface area contributed by atoms with Crippen molar-refractivity contribution in [3.8, 4) is 11.5 Å². The first-order valence-corrected chi connectivity index (χ1v) is 12.2. The van der Waals surface area contributed by atoms with Gasteiger partial charge in [0, 0.05) is 31.6 Å². The smallest absolute Gasteiger partial charge is 0.421 e. The van der Waals surface area contributed by atoms with Crippen LogP contribution in [0.5, 0.6) is 11.5 Å². The number of benzene rings is 1. The average molecular weight is 574 g/mol. The molecule has 1 aliphatic rings. The van der Waals surface area contributed by atoms with Crippen LogP contribution >= 0.6 is 11.3 Å². The molecule has 2 aromatic heterocycles. The van der Waals surface area contributed by atoms with Crippen LogP contribution in [0.2, 0.25) is 0 Å². The normalized spacial score (nSPS) is 15.8. The quantitative estimate of drug-likeness (QED) is 0.144. The number of halogens is 4. The lowest BCUT2D eigenvalue weighted by atomic mass is 10.2. The maximum atomic E-state index is 13.5. The number of pyridine rings is 1. The van der Waals surface area contributed by atoms with Crippen molar-refractivity contribution >= 4 is 34.6 Å². The van der Waals surface area contributed by atoms with Gasteiger partial charge in [0.05, 0.1) is 25.3 Å². The van der Waals surface area contributed by atoms with Gasteiger partial charge in [-0.05, 0) is 29.8 Å². The summed E-state index contributed by atoms with van der Waals surface area (Å²) in [7, 11) is 1.54. The Labute approximate surface area is 223 Å². The molecule has 210 valence electrons. The van der Waals surface area contributed by atoms with Gasteiger partial charge in [-0.25, -0.2) is 9.97 Å². The summed E-state index contributed by atoms with van der Waals surface area (Å²) in [6.45, 7) is 1.01. The van der Waals surface area contributed by atoms with Gasteiger partial charge in [0.2, 0.25) is 0 Å². The number of aromatic nitrogens is 2. The number of fused-ring (bicyclic) bond motifs is 1. The largest absolute Gasteiger partial charge is 0.507 e. The number of amides is 1. The third kappa shape index (κ3) is 7.03. The van der Waals surface area contributed by atoms with Crippen molar-refractivity contribution in [2.24, 2.45) is 0 Å². The van der Waals surface area contributed by atoms with Crippen LogP contribution in [0.3, 0.4) is 0 Å². The van der Waals surface area contributed by atoms with Gasteiger partial charge < -0.3 is 40.0 Å². The molecule has 0 bridgehead atoms. The number of thiazole rings is 1. The van der Waals surface area contributed by atoms with E-state index in [1.165, 1.54) is 17.8 Å². The zero-order valence-corrected chi connectivity index (χ0v) is 21.1. The van der Waals surface area contributed by atoms with Gasteiger partial charge >= 0.3 is 12.2 Å². The van der Waals surface area contributed by atoms with Crippen LogP contribution in [0.4, 0.5) is 34.9 Å². The van der Waals surface area contributed by atoms with E-state index >= 15 is 0 Å². The molecule has 0 saturated heterocycles. The van der Waals surface area contributed by atoms with Gasteiger partial charge in [-0.1, -0.05) is 0 Å². The number of hydrogen-bond donors (Lipinski definition) is 4. The number of carbonyl (C=O) groups excluding carboxylic acids is 1. The number of aliphatic hydroxyl groups excluding tert-OH is 1. The summed E-state index contributed by atoms with van der Waals surface area (Å²) in [5.41, 5.74) is 2.20.